The highest BCUT2D eigenvalue weighted by Crippen LogP contribution is 2.17. The zero-order valence-corrected chi connectivity index (χ0v) is 11.7. The Bertz CT molecular complexity index is 418. The molecule has 1 aromatic rings. The van der Waals surface area contributed by atoms with Crippen molar-refractivity contribution in [2.24, 2.45) is 0 Å². The number of hydrogen-bond donors (Lipinski definition) is 3. The number of hydrogen-bond acceptors (Lipinski definition) is 4. The molecule has 19 heavy (non-hydrogen) atoms. The first kappa shape index (κ1) is 15.8. The number of carbonyl (C=O) groups excluding carboxylic acids is 1. The second kappa shape index (κ2) is 8.01. The Morgan fingerprint density at radius 1 is 1.47 bits per heavy atom. The molecule has 0 fully saturated rings. The van der Waals surface area contributed by atoms with E-state index >= 15 is 0 Å². The SMILES string of the molecule is Cc1c(N)cc(C(=O)NCCSCCCO)cc1F. The van der Waals surface area contributed by atoms with E-state index < -0.39 is 5.82 Å². The van der Waals surface area contributed by atoms with Crippen LogP contribution in [-0.2, 0) is 0 Å². The van der Waals surface area contributed by atoms with Crippen LogP contribution in [0.2, 0.25) is 0 Å². The predicted molar refractivity (Wildman–Crippen MR) is 76.9 cm³/mol. The van der Waals surface area contributed by atoms with E-state index in [0.29, 0.717) is 12.1 Å². The highest BCUT2D eigenvalue weighted by Gasteiger charge is 2.10. The van der Waals surface area contributed by atoms with Gasteiger partial charge in [-0.15, -0.1) is 0 Å². The van der Waals surface area contributed by atoms with Gasteiger partial charge >= 0.3 is 0 Å². The molecule has 1 aromatic carbocycles. The summed E-state index contributed by atoms with van der Waals surface area (Å²) >= 11 is 1.65. The molecule has 0 aromatic heterocycles. The maximum atomic E-state index is 13.4. The summed E-state index contributed by atoms with van der Waals surface area (Å²) < 4.78 is 13.4. The topological polar surface area (TPSA) is 75.4 Å². The third-order valence-corrected chi connectivity index (χ3v) is 3.70. The number of anilines is 1. The average Bonchev–Trinajstić information content (AvgIpc) is 2.39. The Labute approximate surface area is 116 Å². The van der Waals surface area contributed by atoms with Crippen LogP contribution >= 0.6 is 11.8 Å². The van der Waals surface area contributed by atoms with Crippen molar-refractivity contribution in [2.45, 2.75) is 13.3 Å². The molecule has 4 nitrogen and oxygen atoms in total. The largest absolute Gasteiger partial charge is 0.398 e. The molecule has 106 valence electrons. The van der Waals surface area contributed by atoms with Gasteiger partial charge in [-0.3, -0.25) is 4.79 Å². The molecular formula is C13H19FN2O2S. The first-order valence-corrected chi connectivity index (χ1v) is 7.24. The van der Waals surface area contributed by atoms with E-state index in [2.05, 4.69) is 5.32 Å². The fourth-order valence-electron chi connectivity index (χ4n) is 1.44. The Morgan fingerprint density at radius 2 is 2.21 bits per heavy atom. The normalized spacial score (nSPS) is 10.5. The molecule has 0 radical (unpaired) electrons. The number of nitrogen functional groups attached to an aromatic ring is 1. The molecule has 1 amide bonds. The van der Waals surface area contributed by atoms with Gasteiger partial charge in [0.15, 0.2) is 0 Å². The summed E-state index contributed by atoms with van der Waals surface area (Å²) in [5.41, 5.74) is 6.50. The molecule has 0 aliphatic rings. The Hall–Kier alpha value is -1.27. The Balaban J connectivity index is 2.42. The summed E-state index contributed by atoms with van der Waals surface area (Å²) in [5, 5.41) is 11.3. The average molecular weight is 286 g/mol. The van der Waals surface area contributed by atoms with Crippen LogP contribution in [0.3, 0.4) is 0 Å². The molecule has 0 aliphatic heterocycles. The van der Waals surface area contributed by atoms with Crippen molar-refractivity contribution >= 4 is 23.4 Å². The molecule has 4 N–H and O–H groups in total. The van der Waals surface area contributed by atoms with Crippen molar-refractivity contribution in [1.29, 1.82) is 0 Å². The van der Waals surface area contributed by atoms with Gasteiger partial charge in [-0.1, -0.05) is 0 Å². The molecular weight excluding hydrogens is 267 g/mol. The standard InChI is InChI=1S/C13H19FN2O2S/c1-9-11(14)7-10(8-12(9)15)13(18)16-3-6-19-5-2-4-17/h7-8,17H,2-6,15H2,1H3,(H,16,18). The number of nitrogens with one attached hydrogen (secondary N) is 1. The number of halogens is 1. The molecule has 0 saturated heterocycles. The van der Waals surface area contributed by atoms with Gasteiger partial charge in [0.1, 0.15) is 5.82 Å². The summed E-state index contributed by atoms with van der Waals surface area (Å²) in [4.78, 5) is 11.8. The number of nitrogens with two attached hydrogens (primary N) is 1. The molecule has 6 heteroatoms. The van der Waals surface area contributed by atoms with Crippen LogP contribution in [0.1, 0.15) is 22.3 Å². The summed E-state index contributed by atoms with van der Waals surface area (Å²) in [6.07, 6.45) is 0.748. The number of aliphatic hydroxyl groups excluding tert-OH is 1. The van der Waals surface area contributed by atoms with Crippen LogP contribution in [-0.4, -0.2) is 35.7 Å². The van der Waals surface area contributed by atoms with E-state index in [1.165, 1.54) is 12.1 Å². The Morgan fingerprint density at radius 3 is 2.84 bits per heavy atom. The quantitative estimate of drug-likeness (QED) is 0.525. The van der Waals surface area contributed by atoms with Crippen molar-refractivity contribution in [3.8, 4) is 0 Å². The number of aliphatic hydroxyl groups is 1. The lowest BCUT2D eigenvalue weighted by Gasteiger charge is -2.08. The van der Waals surface area contributed by atoms with E-state index in [0.717, 1.165) is 17.9 Å². The monoisotopic (exact) mass is 286 g/mol. The van der Waals surface area contributed by atoms with Crippen molar-refractivity contribution in [1.82, 2.24) is 5.32 Å². The minimum atomic E-state index is -0.470. The predicted octanol–water partition coefficient (Wildman–Crippen LogP) is 1.56. The first-order chi connectivity index (χ1) is 9.06. The first-order valence-electron chi connectivity index (χ1n) is 6.08. The second-order valence-electron chi connectivity index (χ2n) is 4.12. The molecule has 0 spiro atoms. The van der Waals surface area contributed by atoms with Gasteiger partial charge in [0.05, 0.1) is 0 Å². The number of thioether (sulfide) groups is 1. The second-order valence-corrected chi connectivity index (χ2v) is 5.34. The lowest BCUT2D eigenvalue weighted by Crippen LogP contribution is -2.26. The molecule has 0 heterocycles. The van der Waals surface area contributed by atoms with Gasteiger partial charge in [-0.2, -0.15) is 11.8 Å². The number of carbonyl (C=O) groups is 1. The zero-order valence-electron chi connectivity index (χ0n) is 10.9. The van der Waals surface area contributed by atoms with Crippen molar-refractivity contribution in [3.05, 3.63) is 29.1 Å². The van der Waals surface area contributed by atoms with Crippen molar-refractivity contribution < 1.29 is 14.3 Å². The van der Waals surface area contributed by atoms with Gasteiger partial charge in [0, 0.05) is 35.7 Å². The van der Waals surface area contributed by atoms with E-state index in [4.69, 9.17) is 10.8 Å². The molecule has 0 aliphatic carbocycles. The van der Waals surface area contributed by atoms with E-state index in [9.17, 15) is 9.18 Å². The van der Waals surface area contributed by atoms with E-state index in [1.807, 2.05) is 0 Å². The molecule has 0 unspecified atom stereocenters. The maximum Gasteiger partial charge on any atom is 0.251 e. The zero-order chi connectivity index (χ0) is 14.3. The number of amides is 1. The highest BCUT2D eigenvalue weighted by molar-refractivity contribution is 7.99. The van der Waals surface area contributed by atoms with Crippen molar-refractivity contribution in [2.75, 3.05) is 30.4 Å². The third-order valence-electron chi connectivity index (χ3n) is 2.63. The maximum absolute atomic E-state index is 13.4. The molecule has 0 saturated carbocycles. The molecule has 0 bridgehead atoms. The summed E-state index contributed by atoms with van der Waals surface area (Å²) in [6, 6.07) is 2.67. The van der Waals surface area contributed by atoms with E-state index in [-0.39, 0.29) is 23.8 Å². The Kier molecular flexibility index (Phi) is 6.66. The summed E-state index contributed by atoms with van der Waals surface area (Å²) in [6.45, 7) is 2.26. The van der Waals surface area contributed by atoms with Gasteiger partial charge < -0.3 is 16.2 Å². The van der Waals surface area contributed by atoms with Crippen LogP contribution in [0.25, 0.3) is 0 Å². The van der Waals surface area contributed by atoms with Crippen LogP contribution in [0.15, 0.2) is 12.1 Å². The van der Waals surface area contributed by atoms with Crippen LogP contribution in [0.4, 0.5) is 10.1 Å². The fraction of sp³-hybridized carbons (Fsp3) is 0.462. The lowest BCUT2D eigenvalue weighted by atomic mass is 10.1. The minimum absolute atomic E-state index is 0.182. The highest BCUT2D eigenvalue weighted by atomic mass is 32.2. The van der Waals surface area contributed by atoms with E-state index in [1.54, 1.807) is 18.7 Å². The third kappa shape index (κ3) is 5.08. The van der Waals surface area contributed by atoms with Gasteiger partial charge in [0.25, 0.3) is 5.91 Å². The lowest BCUT2D eigenvalue weighted by molar-refractivity contribution is 0.0955. The smallest absolute Gasteiger partial charge is 0.251 e. The van der Waals surface area contributed by atoms with Crippen molar-refractivity contribution in [3.63, 3.8) is 0 Å². The van der Waals surface area contributed by atoms with Gasteiger partial charge in [-0.25, -0.2) is 4.39 Å². The van der Waals surface area contributed by atoms with Crippen LogP contribution in [0, 0.1) is 12.7 Å². The van der Waals surface area contributed by atoms with Gasteiger partial charge in [0.2, 0.25) is 0 Å². The van der Waals surface area contributed by atoms with Crippen LogP contribution < -0.4 is 11.1 Å². The number of benzene rings is 1. The number of rotatable bonds is 7. The molecule has 1 rings (SSSR count). The fourth-order valence-corrected chi connectivity index (χ4v) is 2.22. The summed E-state index contributed by atoms with van der Waals surface area (Å²) in [7, 11) is 0. The minimum Gasteiger partial charge on any atom is -0.398 e. The summed E-state index contributed by atoms with van der Waals surface area (Å²) in [5.74, 6) is 0.824. The molecule has 0 atom stereocenters. The van der Waals surface area contributed by atoms with Gasteiger partial charge in [-0.05, 0) is 31.2 Å². The van der Waals surface area contributed by atoms with Crippen LogP contribution in [0.5, 0.6) is 0 Å².